The average molecular weight is 485 g/mol. The summed E-state index contributed by atoms with van der Waals surface area (Å²) in [6.07, 6.45) is 3.49. The molecule has 0 heterocycles. The lowest BCUT2D eigenvalue weighted by atomic mass is 10.1. The second kappa shape index (κ2) is 8.85. The van der Waals surface area contributed by atoms with Gasteiger partial charge in [0.05, 0.1) is 17.2 Å². The first-order valence-electron chi connectivity index (χ1n) is 8.48. The maximum Gasteiger partial charge on any atom is 0.193 e. The third kappa shape index (κ3) is 4.97. The Hall–Kier alpha value is -1.61. The zero-order chi connectivity index (χ0) is 17.9. The monoisotopic (exact) mass is 485 g/mol. The second-order valence-corrected chi connectivity index (χ2v) is 8.49. The number of anilines is 1. The molecule has 0 saturated heterocycles. The van der Waals surface area contributed by atoms with Crippen LogP contribution in [-0.4, -0.2) is 20.1 Å². The molecule has 140 valence electrons. The summed E-state index contributed by atoms with van der Waals surface area (Å²) < 4.78 is 23.6. The molecule has 5 nitrogen and oxygen atoms in total. The first-order valence-corrected chi connectivity index (χ1v) is 10.1. The molecule has 0 saturated carbocycles. The molecular weight excluding hydrogens is 461 g/mol. The summed E-state index contributed by atoms with van der Waals surface area (Å²) in [7, 11) is -3.16. The number of nitrogens with one attached hydrogen (secondary N) is 1. The molecule has 26 heavy (non-hydrogen) atoms. The fourth-order valence-corrected chi connectivity index (χ4v) is 3.87. The van der Waals surface area contributed by atoms with E-state index in [9.17, 15) is 8.42 Å². The van der Waals surface area contributed by atoms with Crippen LogP contribution in [-0.2, 0) is 29.2 Å². The molecule has 0 radical (unpaired) electrons. The first kappa shape index (κ1) is 20.7. The van der Waals surface area contributed by atoms with Crippen molar-refractivity contribution in [3.8, 4) is 0 Å². The number of nitrogens with zero attached hydrogens (tertiary/aromatic N) is 1. The van der Waals surface area contributed by atoms with Gasteiger partial charge in [-0.25, -0.2) is 13.4 Å². The molecule has 7 heteroatoms. The molecule has 1 aliphatic carbocycles. The van der Waals surface area contributed by atoms with Crippen molar-refractivity contribution in [3.63, 3.8) is 0 Å². The van der Waals surface area contributed by atoms with Crippen molar-refractivity contribution in [3.05, 3.63) is 59.2 Å². The SMILES string of the molecule is CCS(=O)(=O)c1ccc(CN=C(N)Nc2ccc3c(c2)CCC3)cc1.I. The van der Waals surface area contributed by atoms with E-state index in [0.29, 0.717) is 17.4 Å². The molecule has 0 fully saturated rings. The number of fused-ring (bicyclic) bond motifs is 1. The minimum absolute atomic E-state index is 0. The number of hydrogen-bond acceptors (Lipinski definition) is 3. The quantitative estimate of drug-likeness (QED) is 0.386. The van der Waals surface area contributed by atoms with Crippen LogP contribution in [0, 0.1) is 0 Å². The average Bonchev–Trinajstić information content (AvgIpc) is 3.08. The molecular formula is C19H24IN3O2S. The molecule has 0 unspecified atom stereocenters. The van der Waals surface area contributed by atoms with E-state index in [1.165, 1.54) is 17.5 Å². The largest absolute Gasteiger partial charge is 0.370 e. The highest BCUT2D eigenvalue weighted by atomic mass is 127. The summed E-state index contributed by atoms with van der Waals surface area (Å²) in [6.45, 7) is 2.04. The van der Waals surface area contributed by atoms with Gasteiger partial charge >= 0.3 is 0 Å². The van der Waals surface area contributed by atoms with Crippen LogP contribution in [0.15, 0.2) is 52.4 Å². The van der Waals surface area contributed by atoms with Gasteiger partial charge in [-0.05, 0) is 60.2 Å². The van der Waals surface area contributed by atoms with Gasteiger partial charge in [-0.2, -0.15) is 0 Å². The van der Waals surface area contributed by atoms with E-state index in [4.69, 9.17) is 5.73 Å². The number of sulfone groups is 1. The van der Waals surface area contributed by atoms with Crippen molar-refractivity contribution in [1.82, 2.24) is 0 Å². The van der Waals surface area contributed by atoms with Gasteiger partial charge in [-0.3, -0.25) is 0 Å². The summed E-state index contributed by atoms with van der Waals surface area (Å²) in [5, 5.41) is 3.12. The number of aliphatic imine (C=N–C) groups is 1. The lowest BCUT2D eigenvalue weighted by molar-refractivity contribution is 0.597. The molecule has 0 bridgehead atoms. The van der Waals surface area contributed by atoms with E-state index in [0.717, 1.165) is 24.1 Å². The molecule has 3 rings (SSSR count). The van der Waals surface area contributed by atoms with Crippen LogP contribution < -0.4 is 11.1 Å². The lowest BCUT2D eigenvalue weighted by Crippen LogP contribution is -2.22. The minimum atomic E-state index is -3.16. The summed E-state index contributed by atoms with van der Waals surface area (Å²) >= 11 is 0. The standard InChI is InChI=1S/C19H23N3O2S.HI/c1-2-25(23,24)18-10-6-14(7-11-18)13-21-19(20)22-17-9-8-15-4-3-5-16(15)12-17;/h6-12H,2-5,13H2,1H3,(H3,20,21,22);1H. The zero-order valence-electron chi connectivity index (χ0n) is 14.7. The number of hydrogen-bond donors (Lipinski definition) is 2. The number of rotatable bonds is 5. The van der Waals surface area contributed by atoms with E-state index < -0.39 is 9.84 Å². The molecule has 0 atom stereocenters. The van der Waals surface area contributed by atoms with E-state index in [2.05, 4.69) is 22.4 Å². The van der Waals surface area contributed by atoms with Crippen molar-refractivity contribution >= 4 is 45.5 Å². The molecule has 2 aromatic carbocycles. The molecule has 2 aromatic rings. The van der Waals surface area contributed by atoms with Gasteiger partial charge in [0.2, 0.25) is 0 Å². The first-order chi connectivity index (χ1) is 12.0. The topological polar surface area (TPSA) is 84.5 Å². The third-order valence-electron chi connectivity index (χ3n) is 4.47. The van der Waals surface area contributed by atoms with Crippen LogP contribution >= 0.6 is 24.0 Å². The van der Waals surface area contributed by atoms with Gasteiger partial charge in [0.15, 0.2) is 15.8 Å². The van der Waals surface area contributed by atoms with Gasteiger partial charge in [0.25, 0.3) is 0 Å². The Morgan fingerprint density at radius 3 is 2.50 bits per heavy atom. The Kier molecular flexibility index (Phi) is 7.05. The highest BCUT2D eigenvalue weighted by molar-refractivity contribution is 14.0. The molecule has 0 aliphatic heterocycles. The highest BCUT2D eigenvalue weighted by Crippen LogP contribution is 2.24. The Morgan fingerprint density at radius 1 is 1.12 bits per heavy atom. The fourth-order valence-electron chi connectivity index (χ4n) is 2.98. The predicted octanol–water partition coefficient (Wildman–Crippen LogP) is 3.51. The lowest BCUT2D eigenvalue weighted by Gasteiger charge is -2.08. The van der Waals surface area contributed by atoms with Crippen molar-refractivity contribution in [2.45, 2.75) is 37.6 Å². The maximum atomic E-state index is 11.8. The van der Waals surface area contributed by atoms with Gasteiger partial charge in [-0.1, -0.05) is 25.1 Å². The number of benzene rings is 2. The van der Waals surface area contributed by atoms with Crippen LogP contribution in [0.25, 0.3) is 0 Å². The van der Waals surface area contributed by atoms with E-state index in [1.54, 1.807) is 31.2 Å². The van der Waals surface area contributed by atoms with E-state index >= 15 is 0 Å². The van der Waals surface area contributed by atoms with Crippen molar-refractivity contribution in [1.29, 1.82) is 0 Å². The summed E-state index contributed by atoms with van der Waals surface area (Å²) in [4.78, 5) is 4.67. The fraction of sp³-hybridized carbons (Fsp3) is 0.316. The van der Waals surface area contributed by atoms with Crippen LogP contribution in [0.1, 0.15) is 30.0 Å². The molecule has 3 N–H and O–H groups in total. The van der Waals surface area contributed by atoms with Gasteiger partial charge in [-0.15, -0.1) is 24.0 Å². The van der Waals surface area contributed by atoms with Crippen molar-refractivity contribution < 1.29 is 8.42 Å². The van der Waals surface area contributed by atoms with Crippen molar-refractivity contribution in [2.24, 2.45) is 10.7 Å². The Morgan fingerprint density at radius 2 is 1.81 bits per heavy atom. The molecule has 0 aromatic heterocycles. The summed E-state index contributed by atoms with van der Waals surface area (Å²) in [6, 6.07) is 13.1. The zero-order valence-corrected chi connectivity index (χ0v) is 17.9. The maximum absolute atomic E-state index is 11.8. The minimum Gasteiger partial charge on any atom is -0.370 e. The third-order valence-corrected chi connectivity index (χ3v) is 6.22. The molecule has 0 spiro atoms. The number of nitrogens with two attached hydrogens (primary N) is 1. The Balaban J connectivity index is 0.00000243. The van der Waals surface area contributed by atoms with E-state index in [-0.39, 0.29) is 29.7 Å². The number of guanidine groups is 1. The van der Waals surface area contributed by atoms with Gasteiger partial charge in [0, 0.05) is 5.69 Å². The smallest absolute Gasteiger partial charge is 0.193 e. The summed E-state index contributed by atoms with van der Waals surface area (Å²) in [5.41, 5.74) is 10.6. The van der Waals surface area contributed by atoms with Crippen LogP contribution in [0.5, 0.6) is 0 Å². The van der Waals surface area contributed by atoms with Gasteiger partial charge < -0.3 is 11.1 Å². The molecule has 0 amide bonds. The Labute approximate surface area is 172 Å². The molecule has 1 aliphatic rings. The van der Waals surface area contributed by atoms with Crippen LogP contribution in [0.2, 0.25) is 0 Å². The predicted molar refractivity (Wildman–Crippen MR) is 117 cm³/mol. The normalized spacial score (nSPS) is 13.8. The number of halogens is 1. The number of aryl methyl sites for hydroxylation is 2. The summed E-state index contributed by atoms with van der Waals surface area (Å²) in [5.74, 6) is 0.450. The highest BCUT2D eigenvalue weighted by Gasteiger charge is 2.11. The van der Waals surface area contributed by atoms with Crippen molar-refractivity contribution in [2.75, 3.05) is 11.1 Å². The van der Waals surface area contributed by atoms with Crippen LogP contribution in [0.3, 0.4) is 0 Å². The van der Waals surface area contributed by atoms with Crippen LogP contribution in [0.4, 0.5) is 5.69 Å². The second-order valence-electron chi connectivity index (χ2n) is 6.21. The van der Waals surface area contributed by atoms with E-state index in [1.807, 2.05) is 6.07 Å². The Bertz CT molecular complexity index is 894. The van der Waals surface area contributed by atoms with Gasteiger partial charge in [0.1, 0.15) is 0 Å².